The highest BCUT2D eigenvalue weighted by Crippen LogP contribution is 2.26. The van der Waals surface area contributed by atoms with Crippen LogP contribution in [0.2, 0.25) is 0 Å². The Balaban J connectivity index is 1.65. The molecule has 8 heteroatoms. The molecule has 1 aliphatic rings. The molecule has 1 saturated heterocycles. The molecular formula is C31H44N6O2. The largest absolute Gasteiger partial charge is 0.326 e. The molecule has 1 aliphatic heterocycles. The van der Waals surface area contributed by atoms with Crippen LogP contribution in [0.3, 0.4) is 0 Å². The van der Waals surface area contributed by atoms with Gasteiger partial charge in [0.2, 0.25) is 11.9 Å². The summed E-state index contributed by atoms with van der Waals surface area (Å²) in [5, 5.41) is 3.45. The first-order valence-electron chi connectivity index (χ1n) is 14.6. The first-order chi connectivity index (χ1) is 18.9. The van der Waals surface area contributed by atoms with Gasteiger partial charge in [0.25, 0.3) is 0 Å². The summed E-state index contributed by atoms with van der Waals surface area (Å²) >= 11 is 0. The maximum atomic E-state index is 13.1. The summed E-state index contributed by atoms with van der Waals surface area (Å²) in [7, 11) is 0. The van der Waals surface area contributed by atoms with Crippen molar-refractivity contribution in [2.75, 3.05) is 36.4 Å². The Morgan fingerprint density at radius 2 is 1.74 bits per heavy atom. The highest BCUT2D eigenvalue weighted by atomic mass is 16.2. The molecule has 4 rings (SSSR count). The molecule has 0 atom stereocenters. The maximum Gasteiger partial charge on any atom is 0.228 e. The van der Waals surface area contributed by atoms with E-state index in [-0.39, 0.29) is 11.7 Å². The predicted molar refractivity (Wildman–Crippen MR) is 159 cm³/mol. The first kappa shape index (κ1) is 28.7. The zero-order valence-corrected chi connectivity index (χ0v) is 24.1. The van der Waals surface area contributed by atoms with Crippen molar-refractivity contribution in [1.29, 1.82) is 0 Å². The molecule has 0 unspecified atom stereocenters. The minimum absolute atomic E-state index is 0.0443. The number of nitrogens with zero attached hydrogens (tertiary/aromatic N) is 5. The van der Waals surface area contributed by atoms with Gasteiger partial charge in [0, 0.05) is 30.8 Å². The molecule has 3 heterocycles. The van der Waals surface area contributed by atoms with Crippen LogP contribution >= 0.6 is 0 Å². The minimum Gasteiger partial charge on any atom is -0.326 e. The number of Topliss-reactive ketones (excluding diaryl/α,β-unsaturated/α-hetero) is 1. The van der Waals surface area contributed by atoms with Crippen LogP contribution in [0.25, 0.3) is 11.2 Å². The number of hydrogen-bond acceptors (Lipinski definition) is 6. The third-order valence-corrected chi connectivity index (χ3v) is 7.40. The lowest BCUT2D eigenvalue weighted by molar-refractivity contribution is -0.118. The van der Waals surface area contributed by atoms with E-state index in [0.717, 1.165) is 55.2 Å². The van der Waals surface area contributed by atoms with Crippen molar-refractivity contribution in [2.24, 2.45) is 5.92 Å². The summed E-state index contributed by atoms with van der Waals surface area (Å²) in [6, 6.07) is 11.4. The topological polar surface area (TPSA) is 83.4 Å². The highest BCUT2D eigenvalue weighted by Gasteiger charge is 2.20. The third-order valence-electron chi connectivity index (χ3n) is 7.40. The average molecular weight is 533 g/mol. The van der Waals surface area contributed by atoms with Crippen LogP contribution in [0.15, 0.2) is 36.4 Å². The number of carbonyl (C=O) groups is 2. The molecule has 1 aromatic carbocycles. The second-order valence-corrected chi connectivity index (χ2v) is 11.1. The van der Waals surface area contributed by atoms with Crippen LogP contribution < -0.4 is 10.2 Å². The number of anilines is 3. The number of imidazole rings is 1. The number of carbonyl (C=O) groups excluding carboxylic acids is 2. The molecule has 1 amide bonds. The number of aryl methyl sites for hydroxylation is 1. The Hall–Kier alpha value is -3.26. The number of pyridine rings is 1. The van der Waals surface area contributed by atoms with Crippen molar-refractivity contribution in [1.82, 2.24) is 19.4 Å². The van der Waals surface area contributed by atoms with Gasteiger partial charge in [-0.2, -0.15) is 0 Å². The first-order valence-corrected chi connectivity index (χ1v) is 14.6. The van der Waals surface area contributed by atoms with Crippen molar-refractivity contribution in [3.05, 3.63) is 42.0 Å². The van der Waals surface area contributed by atoms with Crippen molar-refractivity contribution in [3.63, 3.8) is 0 Å². The monoisotopic (exact) mass is 532 g/mol. The van der Waals surface area contributed by atoms with Gasteiger partial charge in [-0.1, -0.05) is 27.2 Å². The number of piperidine rings is 1. The SMILES string of the molecule is CCCC(=O)N(CCC(C)C)c1ccc2nc(Nc3ccc(C(C)=O)cc3)n(CCCN3CCCCC3)c2n1. The molecule has 0 saturated carbocycles. The minimum atomic E-state index is 0.0443. The third kappa shape index (κ3) is 7.66. The van der Waals surface area contributed by atoms with Gasteiger partial charge in [0.15, 0.2) is 11.4 Å². The van der Waals surface area contributed by atoms with Gasteiger partial charge >= 0.3 is 0 Å². The number of likely N-dealkylation sites (tertiary alicyclic amines) is 1. The smallest absolute Gasteiger partial charge is 0.228 e. The van der Waals surface area contributed by atoms with E-state index in [1.807, 2.05) is 48.2 Å². The number of hydrogen-bond donors (Lipinski definition) is 1. The van der Waals surface area contributed by atoms with E-state index in [1.165, 1.54) is 32.4 Å². The summed E-state index contributed by atoms with van der Waals surface area (Å²) in [5.41, 5.74) is 3.13. The van der Waals surface area contributed by atoms with Gasteiger partial charge < -0.3 is 10.2 Å². The summed E-state index contributed by atoms with van der Waals surface area (Å²) in [4.78, 5) is 39.1. The van der Waals surface area contributed by atoms with Crippen molar-refractivity contribution >= 4 is 40.3 Å². The lowest BCUT2D eigenvalue weighted by Crippen LogP contribution is -2.33. The van der Waals surface area contributed by atoms with Gasteiger partial charge in [-0.3, -0.25) is 19.1 Å². The molecule has 2 aromatic heterocycles. The lowest BCUT2D eigenvalue weighted by atomic mass is 10.1. The number of aromatic nitrogens is 3. The van der Waals surface area contributed by atoms with E-state index in [9.17, 15) is 9.59 Å². The van der Waals surface area contributed by atoms with E-state index in [0.29, 0.717) is 30.3 Å². The number of amides is 1. The van der Waals surface area contributed by atoms with E-state index < -0.39 is 0 Å². The molecule has 1 fully saturated rings. The number of ketones is 1. The van der Waals surface area contributed by atoms with Gasteiger partial charge in [0.05, 0.1) is 0 Å². The Morgan fingerprint density at radius 1 is 1.00 bits per heavy atom. The lowest BCUT2D eigenvalue weighted by Gasteiger charge is -2.26. The average Bonchev–Trinajstić information content (AvgIpc) is 3.26. The van der Waals surface area contributed by atoms with Gasteiger partial charge in [-0.05, 0) is 101 Å². The number of fused-ring (bicyclic) bond motifs is 1. The van der Waals surface area contributed by atoms with Crippen molar-refractivity contribution < 1.29 is 9.59 Å². The summed E-state index contributed by atoms with van der Waals surface area (Å²) in [5.74, 6) is 2.07. The van der Waals surface area contributed by atoms with Crippen LogP contribution in [-0.2, 0) is 11.3 Å². The molecule has 8 nitrogen and oxygen atoms in total. The van der Waals surface area contributed by atoms with Gasteiger partial charge in [0.1, 0.15) is 11.3 Å². The quantitative estimate of drug-likeness (QED) is 0.255. The Bertz CT molecular complexity index is 1240. The van der Waals surface area contributed by atoms with Gasteiger partial charge in [-0.15, -0.1) is 0 Å². The summed E-state index contributed by atoms with van der Waals surface area (Å²) in [6.45, 7) is 12.8. The molecule has 0 bridgehead atoms. The number of nitrogens with one attached hydrogen (secondary N) is 1. The van der Waals surface area contributed by atoms with Crippen LogP contribution in [0, 0.1) is 5.92 Å². The van der Waals surface area contributed by atoms with Gasteiger partial charge in [-0.25, -0.2) is 9.97 Å². The van der Waals surface area contributed by atoms with Crippen molar-refractivity contribution in [2.45, 2.75) is 79.2 Å². The molecule has 0 aliphatic carbocycles. The number of benzene rings is 1. The number of rotatable bonds is 13. The fourth-order valence-electron chi connectivity index (χ4n) is 5.11. The van der Waals surface area contributed by atoms with E-state index in [1.54, 1.807) is 6.92 Å². The molecule has 39 heavy (non-hydrogen) atoms. The molecule has 3 aromatic rings. The Kier molecular flexibility index (Phi) is 10.1. The zero-order valence-electron chi connectivity index (χ0n) is 24.1. The molecule has 210 valence electrons. The van der Waals surface area contributed by atoms with Crippen molar-refractivity contribution in [3.8, 4) is 0 Å². The fourth-order valence-corrected chi connectivity index (χ4v) is 5.11. The van der Waals surface area contributed by atoms with Crippen LogP contribution in [0.5, 0.6) is 0 Å². The van der Waals surface area contributed by atoms with Crippen LogP contribution in [-0.4, -0.2) is 57.3 Å². The molecule has 1 N–H and O–H groups in total. The van der Waals surface area contributed by atoms with E-state index in [2.05, 4.69) is 28.6 Å². The predicted octanol–water partition coefficient (Wildman–Crippen LogP) is 6.43. The van der Waals surface area contributed by atoms with E-state index >= 15 is 0 Å². The zero-order chi connectivity index (χ0) is 27.8. The Labute approximate surface area is 232 Å². The maximum absolute atomic E-state index is 13.1. The molecular weight excluding hydrogens is 488 g/mol. The normalized spacial score (nSPS) is 14.2. The molecule has 0 spiro atoms. The molecule has 0 radical (unpaired) electrons. The summed E-state index contributed by atoms with van der Waals surface area (Å²) in [6.07, 6.45) is 7.12. The standard InChI is InChI=1S/C31H44N6O2/c1-5-10-29(39)36(22-17-23(2)3)28-16-15-27-30(34-28)37(21-9-20-35-18-7-6-8-19-35)31(33-27)32-26-13-11-25(12-14-26)24(4)38/h11-16,23H,5-10,17-22H2,1-4H3,(H,32,33). The van der Waals surface area contributed by atoms with Crippen LogP contribution in [0.1, 0.15) is 83.0 Å². The van der Waals surface area contributed by atoms with Crippen LogP contribution in [0.4, 0.5) is 17.5 Å². The summed E-state index contributed by atoms with van der Waals surface area (Å²) < 4.78 is 2.15. The second kappa shape index (κ2) is 13.7. The highest BCUT2D eigenvalue weighted by molar-refractivity contribution is 5.94. The Morgan fingerprint density at radius 3 is 2.41 bits per heavy atom. The van der Waals surface area contributed by atoms with E-state index in [4.69, 9.17) is 9.97 Å². The second-order valence-electron chi connectivity index (χ2n) is 11.1. The fraction of sp³-hybridized carbons (Fsp3) is 0.548.